The molecule has 0 aliphatic heterocycles. The van der Waals surface area contributed by atoms with Gasteiger partial charge < -0.3 is 5.32 Å². The quantitative estimate of drug-likeness (QED) is 0.867. The molecule has 0 aromatic heterocycles. The highest BCUT2D eigenvalue weighted by molar-refractivity contribution is 7.85. The van der Waals surface area contributed by atoms with Crippen molar-refractivity contribution in [3.63, 3.8) is 0 Å². The number of hydrogen-bond donors (Lipinski definition) is 1. The van der Waals surface area contributed by atoms with Crippen LogP contribution in [0.25, 0.3) is 0 Å². The monoisotopic (exact) mass is 307 g/mol. The van der Waals surface area contributed by atoms with Crippen molar-refractivity contribution in [2.24, 2.45) is 5.92 Å². The third-order valence-corrected chi connectivity index (χ3v) is 5.59. The Bertz CT molecular complexity index is 405. The molecule has 1 aromatic rings. The standard InChI is InChI=1S/C13H19Cl2NOS/c1-4-9(2)12(16-3)8-18(17)13-10(14)6-5-7-11(13)15/h5-7,9,12,16H,4,8H2,1-3H3. The van der Waals surface area contributed by atoms with Crippen molar-refractivity contribution in [1.82, 2.24) is 5.32 Å². The lowest BCUT2D eigenvalue weighted by Crippen LogP contribution is -2.36. The van der Waals surface area contributed by atoms with Crippen molar-refractivity contribution in [3.8, 4) is 0 Å². The summed E-state index contributed by atoms with van der Waals surface area (Å²) >= 11 is 12.1. The Morgan fingerprint density at radius 2 is 1.89 bits per heavy atom. The topological polar surface area (TPSA) is 29.1 Å². The van der Waals surface area contributed by atoms with Crippen LogP contribution in [0, 0.1) is 5.92 Å². The maximum atomic E-state index is 12.4. The Balaban J connectivity index is 2.88. The molecule has 1 rings (SSSR count). The van der Waals surface area contributed by atoms with Crippen LogP contribution in [-0.4, -0.2) is 23.1 Å². The number of benzene rings is 1. The lowest BCUT2D eigenvalue weighted by Gasteiger charge is -2.22. The maximum Gasteiger partial charge on any atom is 0.0760 e. The molecule has 5 heteroatoms. The van der Waals surface area contributed by atoms with E-state index in [-0.39, 0.29) is 6.04 Å². The average molecular weight is 308 g/mol. The largest absolute Gasteiger partial charge is 0.316 e. The zero-order valence-corrected chi connectivity index (χ0v) is 13.2. The summed E-state index contributed by atoms with van der Waals surface area (Å²) in [5.41, 5.74) is 0. The van der Waals surface area contributed by atoms with Crippen LogP contribution in [0.15, 0.2) is 23.1 Å². The zero-order chi connectivity index (χ0) is 13.7. The van der Waals surface area contributed by atoms with Crippen molar-refractivity contribution in [2.75, 3.05) is 12.8 Å². The van der Waals surface area contributed by atoms with Gasteiger partial charge in [-0.1, -0.05) is 49.5 Å². The van der Waals surface area contributed by atoms with Gasteiger partial charge in [-0.3, -0.25) is 4.21 Å². The lowest BCUT2D eigenvalue weighted by molar-refractivity contribution is 0.418. The van der Waals surface area contributed by atoms with Crippen LogP contribution in [0.1, 0.15) is 20.3 Å². The molecule has 3 unspecified atom stereocenters. The van der Waals surface area contributed by atoms with Crippen LogP contribution < -0.4 is 5.32 Å². The minimum absolute atomic E-state index is 0.197. The van der Waals surface area contributed by atoms with Gasteiger partial charge in [0, 0.05) is 11.8 Å². The van der Waals surface area contributed by atoms with Crippen molar-refractivity contribution in [1.29, 1.82) is 0 Å². The van der Waals surface area contributed by atoms with Crippen LogP contribution in [0.3, 0.4) is 0 Å². The van der Waals surface area contributed by atoms with E-state index in [1.165, 1.54) is 0 Å². The van der Waals surface area contributed by atoms with Crippen LogP contribution in [0.5, 0.6) is 0 Å². The van der Waals surface area contributed by atoms with Crippen molar-refractivity contribution in [2.45, 2.75) is 31.2 Å². The van der Waals surface area contributed by atoms with Crippen LogP contribution >= 0.6 is 23.2 Å². The summed E-state index contributed by atoms with van der Waals surface area (Å²) in [7, 11) is 0.706. The van der Waals surface area contributed by atoms with Gasteiger partial charge in [0.15, 0.2) is 0 Å². The Labute approximate surface area is 122 Å². The molecule has 0 saturated heterocycles. The third kappa shape index (κ3) is 3.95. The van der Waals surface area contributed by atoms with Gasteiger partial charge in [0.25, 0.3) is 0 Å². The summed E-state index contributed by atoms with van der Waals surface area (Å²) in [6.45, 7) is 4.27. The Kier molecular flexibility index (Phi) is 6.64. The second-order valence-electron chi connectivity index (χ2n) is 4.34. The summed E-state index contributed by atoms with van der Waals surface area (Å²) < 4.78 is 12.4. The summed E-state index contributed by atoms with van der Waals surface area (Å²) in [6, 6.07) is 5.40. The van der Waals surface area contributed by atoms with Gasteiger partial charge in [0.1, 0.15) is 0 Å². The maximum absolute atomic E-state index is 12.4. The van der Waals surface area contributed by atoms with Gasteiger partial charge in [-0.15, -0.1) is 0 Å². The van der Waals surface area contributed by atoms with Crippen molar-refractivity contribution >= 4 is 34.0 Å². The molecule has 18 heavy (non-hydrogen) atoms. The molecule has 0 amide bonds. The van der Waals surface area contributed by atoms with Gasteiger partial charge in [-0.05, 0) is 25.1 Å². The van der Waals surface area contributed by atoms with Crippen LogP contribution in [0.4, 0.5) is 0 Å². The predicted molar refractivity (Wildman–Crippen MR) is 80.0 cm³/mol. The first-order valence-electron chi connectivity index (χ1n) is 6.00. The van der Waals surface area contributed by atoms with E-state index in [0.717, 1.165) is 6.42 Å². The second kappa shape index (κ2) is 7.49. The molecule has 0 radical (unpaired) electrons. The minimum atomic E-state index is -1.19. The molecule has 0 bridgehead atoms. The van der Waals surface area contributed by atoms with Crippen molar-refractivity contribution < 1.29 is 4.21 Å². The van der Waals surface area contributed by atoms with E-state index in [2.05, 4.69) is 19.2 Å². The average Bonchev–Trinajstić information content (AvgIpc) is 2.34. The molecule has 3 atom stereocenters. The van der Waals surface area contributed by atoms with E-state index in [4.69, 9.17) is 23.2 Å². The fourth-order valence-corrected chi connectivity index (χ4v) is 4.24. The van der Waals surface area contributed by atoms with Crippen LogP contribution in [0.2, 0.25) is 10.0 Å². The van der Waals surface area contributed by atoms with E-state index in [0.29, 0.717) is 26.6 Å². The molecule has 0 aliphatic carbocycles. The Hall–Kier alpha value is -0.0900. The van der Waals surface area contributed by atoms with Gasteiger partial charge >= 0.3 is 0 Å². The third-order valence-electron chi connectivity index (χ3n) is 3.18. The number of rotatable bonds is 6. The molecule has 0 fully saturated rings. The first-order valence-corrected chi connectivity index (χ1v) is 8.08. The zero-order valence-electron chi connectivity index (χ0n) is 10.9. The van der Waals surface area contributed by atoms with E-state index >= 15 is 0 Å². The first kappa shape index (κ1) is 16.0. The summed E-state index contributed by atoms with van der Waals surface area (Å²) in [5.74, 6) is 0.981. The van der Waals surface area contributed by atoms with E-state index in [1.807, 2.05) is 7.05 Å². The molecule has 0 spiro atoms. The molecular formula is C13H19Cl2NOS. The van der Waals surface area contributed by atoms with Crippen LogP contribution in [-0.2, 0) is 10.8 Å². The normalized spacial score (nSPS) is 16.3. The summed E-state index contributed by atoms with van der Waals surface area (Å²) in [4.78, 5) is 0.546. The van der Waals surface area contributed by atoms with E-state index in [9.17, 15) is 4.21 Å². The highest BCUT2D eigenvalue weighted by atomic mass is 35.5. The lowest BCUT2D eigenvalue weighted by atomic mass is 10.0. The Morgan fingerprint density at radius 3 is 2.33 bits per heavy atom. The van der Waals surface area contributed by atoms with Gasteiger partial charge in [0.2, 0.25) is 0 Å². The highest BCUT2D eigenvalue weighted by Gasteiger charge is 2.20. The Morgan fingerprint density at radius 1 is 1.33 bits per heavy atom. The molecule has 0 heterocycles. The molecule has 1 aromatic carbocycles. The molecule has 2 nitrogen and oxygen atoms in total. The predicted octanol–water partition coefficient (Wildman–Crippen LogP) is 3.74. The number of halogens is 2. The highest BCUT2D eigenvalue weighted by Crippen LogP contribution is 2.28. The molecular weight excluding hydrogens is 289 g/mol. The van der Waals surface area contributed by atoms with Gasteiger partial charge in [-0.25, -0.2) is 0 Å². The summed E-state index contributed by atoms with van der Waals surface area (Å²) in [6.07, 6.45) is 1.04. The molecule has 1 N–H and O–H groups in total. The number of hydrogen-bond acceptors (Lipinski definition) is 2. The first-order chi connectivity index (χ1) is 8.51. The van der Waals surface area contributed by atoms with Crippen molar-refractivity contribution in [3.05, 3.63) is 28.2 Å². The van der Waals surface area contributed by atoms with E-state index < -0.39 is 10.8 Å². The fourth-order valence-electron chi connectivity index (χ4n) is 1.76. The summed E-state index contributed by atoms with van der Waals surface area (Å²) in [5, 5.41) is 4.16. The number of nitrogens with one attached hydrogen (secondary N) is 1. The van der Waals surface area contributed by atoms with E-state index in [1.54, 1.807) is 18.2 Å². The SMILES string of the molecule is CCC(C)C(CS(=O)c1c(Cl)cccc1Cl)NC. The minimum Gasteiger partial charge on any atom is -0.316 e. The van der Waals surface area contributed by atoms with Gasteiger partial charge in [-0.2, -0.15) is 0 Å². The second-order valence-corrected chi connectivity index (χ2v) is 6.59. The van der Waals surface area contributed by atoms with Gasteiger partial charge in [0.05, 0.1) is 25.7 Å². The fraction of sp³-hybridized carbons (Fsp3) is 0.538. The molecule has 102 valence electrons. The molecule has 0 aliphatic rings. The smallest absolute Gasteiger partial charge is 0.0760 e. The molecule has 0 saturated carbocycles.